The SMILES string of the molecule is O=C(Nc1cccc2ncccc12)N1CCC(Cc2ccc3ccccc3c2)CC1. The first-order valence-electron chi connectivity index (χ1n) is 10.6. The van der Waals surface area contributed by atoms with E-state index in [0.717, 1.165) is 48.9 Å². The maximum Gasteiger partial charge on any atom is 0.321 e. The highest BCUT2D eigenvalue weighted by molar-refractivity contribution is 6.00. The highest BCUT2D eigenvalue weighted by Gasteiger charge is 2.23. The van der Waals surface area contributed by atoms with Crippen LogP contribution in [0, 0.1) is 5.92 Å². The minimum atomic E-state index is -0.0180. The second-order valence-corrected chi connectivity index (χ2v) is 8.12. The molecule has 0 saturated carbocycles. The second-order valence-electron chi connectivity index (χ2n) is 8.12. The molecule has 1 aliphatic rings. The van der Waals surface area contributed by atoms with E-state index in [9.17, 15) is 4.79 Å². The molecule has 2 amide bonds. The van der Waals surface area contributed by atoms with E-state index in [1.54, 1.807) is 6.20 Å². The Morgan fingerprint density at radius 3 is 2.63 bits per heavy atom. The maximum atomic E-state index is 12.8. The van der Waals surface area contributed by atoms with Crippen molar-refractivity contribution in [3.05, 3.63) is 84.6 Å². The molecule has 0 unspecified atom stereocenters. The van der Waals surface area contributed by atoms with Gasteiger partial charge in [0.2, 0.25) is 0 Å². The zero-order valence-electron chi connectivity index (χ0n) is 16.9. The first kappa shape index (κ1) is 18.6. The van der Waals surface area contributed by atoms with Crippen LogP contribution in [-0.2, 0) is 6.42 Å². The average Bonchev–Trinajstić information content (AvgIpc) is 2.80. The third-order valence-electron chi connectivity index (χ3n) is 6.13. The molecular formula is C26H25N3O. The van der Waals surface area contributed by atoms with Gasteiger partial charge in [0.05, 0.1) is 11.2 Å². The number of rotatable bonds is 3. The van der Waals surface area contributed by atoms with Crippen molar-refractivity contribution >= 4 is 33.4 Å². The van der Waals surface area contributed by atoms with Gasteiger partial charge in [0.1, 0.15) is 0 Å². The molecule has 0 radical (unpaired) electrons. The minimum Gasteiger partial charge on any atom is -0.325 e. The number of piperidine rings is 1. The van der Waals surface area contributed by atoms with Crippen molar-refractivity contribution in [1.29, 1.82) is 0 Å². The Morgan fingerprint density at radius 1 is 0.933 bits per heavy atom. The van der Waals surface area contributed by atoms with Crippen LogP contribution in [0.15, 0.2) is 79.0 Å². The number of nitrogens with zero attached hydrogens (tertiary/aromatic N) is 2. The Kier molecular flexibility index (Phi) is 5.06. The Bertz CT molecular complexity index is 1190. The van der Waals surface area contributed by atoms with Gasteiger partial charge in [-0.1, -0.05) is 48.5 Å². The van der Waals surface area contributed by atoms with Crippen molar-refractivity contribution in [3.63, 3.8) is 0 Å². The molecule has 2 heterocycles. The summed E-state index contributed by atoms with van der Waals surface area (Å²) in [5.41, 5.74) is 3.10. The molecule has 4 aromatic rings. The van der Waals surface area contributed by atoms with Crippen molar-refractivity contribution < 1.29 is 4.79 Å². The normalized spacial score (nSPS) is 14.9. The van der Waals surface area contributed by atoms with Gasteiger partial charge in [0, 0.05) is 24.7 Å². The molecule has 0 spiro atoms. The predicted octanol–water partition coefficient (Wildman–Crippen LogP) is 5.87. The monoisotopic (exact) mass is 395 g/mol. The summed E-state index contributed by atoms with van der Waals surface area (Å²) in [5, 5.41) is 6.65. The molecule has 150 valence electrons. The van der Waals surface area contributed by atoms with E-state index in [-0.39, 0.29) is 6.03 Å². The Balaban J connectivity index is 1.20. The van der Waals surface area contributed by atoms with Crippen molar-refractivity contribution in [3.8, 4) is 0 Å². The molecule has 0 aliphatic carbocycles. The number of fused-ring (bicyclic) bond motifs is 2. The number of amides is 2. The number of nitrogens with one attached hydrogen (secondary N) is 1. The number of likely N-dealkylation sites (tertiary alicyclic amines) is 1. The molecule has 4 nitrogen and oxygen atoms in total. The first-order valence-corrected chi connectivity index (χ1v) is 10.6. The number of carbonyl (C=O) groups excluding carboxylic acids is 1. The molecule has 1 saturated heterocycles. The summed E-state index contributed by atoms with van der Waals surface area (Å²) in [6.07, 6.45) is 4.93. The minimum absolute atomic E-state index is 0.0180. The molecule has 3 aromatic carbocycles. The molecule has 5 rings (SSSR count). The van der Waals surface area contributed by atoms with Crippen molar-refractivity contribution in [2.75, 3.05) is 18.4 Å². The molecule has 1 aliphatic heterocycles. The Hall–Kier alpha value is -3.40. The molecule has 0 atom stereocenters. The van der Waals surface area contributed by atoms with Gasteiger partial charge in [-0.15, -0.1) is 0 Å². The quantitative estimate of drug-likeness (QED) is 0.471. The fourth-order valence-corrected chi connectivity index (χ4v) is 4.45. The lowest BCUT2D eigenvalue weighted by Gasteiger charge is -2.32. The zero-order valence-corrected chi connectivity index (χ0v) is 16.9. The van der Waals surface area contributed by atoms with Crippen LogP contribution in [0.5, 0.6) is 0 Å². The molecular weight excluding hydrogens is 370 g/mol. The van der Waals surface area contributed by atoms with Crippen molar-refractivity contribution in [2.24, 2.45) is 5.92 Å². The highest BCUT2D eigenvalue weighted by atomic mass is 16.2. The van der Waals surface area contributed by atoms with E-state index in [4.69, 9.17) is 0 Å². The Labute approximate surface area is 176 Å². The lowest BCUT2D eigenvalue weighted by atomic mass is 9.89. The van der Waals surface area contributed by atoms with Gasteiger partial charge >= 0.3 is 6.03 Å². The van der Waals surface area contributed by atoms with Gasteiger partial charge in [-0.3, -0.25) is 4.98 Å². The van der Waals surface area contributed by atoms with Crippen LogP contribution in [0.25, 0.3) is 21.7 Å². The zero-order chi connectivity index (χ0) is 20.3. The third kappa shape index (κ3) is 3.86. The van der Waals surface area contributed by atoms with Crippen LogP contribution in [0.1, 0.15) is 18.4 Å². The number of urea groups is 1. The third-order valence-corrected chi connectivity index (χ3v) is 6.13. The summed E-state index contributed by atoms with van der Waals surface area (Å²) in [5.74, 6) is 0.622. The number of hydrogen-bond donors (Lipinski definition) is 1. The summed E-state index contributed by atoms with van der Waals surface area (Å²) < 4.78 is 0. The summed E-state index contributed by atoms with van der Waals surface area (Å²) in [6.45, 7) is 1.60. The van der Waals surface area contributed by atoms with E-state index in [0.29, 0.717) is 5.92 Å². The summed E-state index contributed by atoms with van der Waals surface area (Å²) in [7, 11) is 0. The second kappa shape index (κ2) is 8.15. The standard InChI is InChI=1S/C26H25N3O/c30-26(28-25-9-3-8-24-23(25)7-4-14-27-24)29-15-12-19(13-16-29)17-20-10-11-21-5-1-2-6-22(21)18-20/h1-11,14,18-19H,12-13,15-17H2,(H,28,30). The summed E-state index contributed by atoms with van der Waals surface area (Å²) in [4.78, 5) is 19.1. The number of carbonyl (C=O) groups is 1. The van der Waals surface area contributed by atoms with Gasteiger partial charge in [-0.25, -0.2) is 4.79 Å². The van der Waals surface area contributed by atoms with Gasteiger partial charge in [0.25, 0.3) is 0 Å². The number of benzene rings is 3. The van der Waals surface area contributed by atoms with Crippen LogP contribution in [0.3, 0.4) is 0 Å². The van der Waals surface area contributed by atoms with Crippen LogP contribution in [0.2, 0.25) is 0 Å². The molecule has 1 N–H and O–H groups in total. The van der Waals surface area contributed by atoms with Crippen LogP contribution in [0.4, 0.5) is 10.5 Å². The number of pyridine rings is 1. The number of hydrogen-bond acceptors (Lipinski definition) is 2. The first-order chi connectivity index (χ1) is 14.8. The van der Waals surface area contributed by atoms with Crippen molar-refractivity contribution in [2.45, 2.75) is 19.3 Å². The van der Waals surface area contributed by atoms with Crippen LogP contribution >= 0.6 is 0 Å². The molecule has 1 fully saturated rings. The highest BCUT2D eigenvalue weighted by Crippen LogP contribution is 2.26. The van der Waals surface area contributed by atoms with Gasteiger partial charge in [0.15, 0.2) is 0 Å². The largest absolute Gasteiger partial charge is 0.325 e. The van der Waals surface area contributed by atoms with E-state index in [1.807, 2.05) is 35.2 Å². The lowest BCUT2D eigenvalue weighted by Crippen LogP contribution is -2.41. The van der Waals surface area contributed by atoms with E-state index in [1.165, 1.54) is 16.3 Å². The van der Waals surface area contributed by atoms with Crippen molar-refractivity contribution in [1.82, 2.24) is 9.88 Å². The van der Waals surface area contributed by atoms with E-state index >= 15 is 0 Å². The maximum absolute atomic E-state index is 12.8. The predicted molar refractivity (Wildman–Crippen MR) is 123 cm³/mol. The topological polar surface area (TPSA) is 45.2 Å². The Morgan fingerprint density at radius 2 is 1.77 bits per heavy atom. The van der Waals surface area contributed by atoms with Gasteiger partial charge in [-0.05, 0) is 65.8 Å². The molecule has 1 aromatic heterocycles. The lowest BCUT2D eigenvalue weighted by molar-refractivity contribution is 0.182. The molecule has 0 bridgehead atoms. The van der Waals surface area contributed by atoms with Gasteiger partial charge < -0.3 is 10.2 Å². The van der Waals surface area contributed by atoms with Gasteiger partial charge in [-0.2, -0.15) is 0 Å². The summed E-state index contributed by atoms with van der Waals surface area (Å²) >= 11 is 0. The fourth-order valence-electron chi connectivity index (χ4n) is 4.45. The molecule has 4 heteroatoms. The number of anilines is 1. The average molecular weight is 396 g/mol. The molecule has 30 heavy (non-hydrogen) atoms. The van der Waals surface area contributed by atoms with E-state index in [2.05, 4.69) is 52.8 Å². The summed E-state index contributed by atoms with van der Waals surface area (Å²) in [6, 6.07) is 25.0. The fraction of sp³-hybridized carbons (Fsp3) is 0.231. The smallest absolute Gasteiger partial charge is 0.321 e. The van der Waals surface area contributed by atoms with Crippen LogP contribution < -0.4 is 5.32 Å². The number of aromatic nitrogens is 1. The van der Waals surface area contributed by atoms with E-state index < -0.39 is 0 Å². The van der Waals surface area contributed by atoms with Crippen LogP contribution in [-0.4, -0.2) is 29.0 Å².